The number of nitrogens with zero attached hydrogens (tertiary/aromatic N) is 3. The number of aliphatic hydroxyl groups excluding tert-OH is 1. The van der Waals surface area contributed by atoms with Gasteiger partial charge >= 0.3 is 0 Å². The zero-order valence-electron chi connectivity index (χ0n) is 10.3. The van der Waals surface area contributed by atoms with Crippen molar-refractivity contribution in [3.05, 3.63) is 42.0 Å². The van der Waals surface area contributed by atoms with Crippen LogP contribution in [-0.2, 0) is 0 Å². The summed E-state index contributed by atoms with van der Waals surface area (Å²) in [5, 5.41) is 13.8. The van der Waals surface area contributed by atoms with E-state index in [0.29, 0.717) is 11.6 Å². The SMILES string of the molecule is CC(C)c1ccn(-c2ccc(C(C)O)nc2)n1. The Labute approximate surface area is 101 Å². The molecular formula is C13H17N3O. The third kappa shape index (κ3) is 2.53. The van der Waals surface area contributed by atoms with Gasteiger partial charge in [0.25, 0.3) is 0 Å². The fourth-order valence-corrected chi connectivity index (χ4v) is 1.57. The quantitative estimate of drug-likeness (QED) is 0.882. The fraction of sp³-hybridized carbons (Fsp3) is 0.385. The van der Waals surface area contributed by atoms with Crippen molar-refractivity contribution in [2.45, 2.75) is 32.8 Å². The molecule has 1 unspecified atom stereocenters. The van der Waals surface area contributed by atoms with Crippen molar-refractivity contribution >= 4 is 0 Å². The van der Waals surface area contributed by atoms with Crippen LogP contribution in [0.2, 0.25) is 0 Å². The van der Waals surface area contributed by atoms with Crippen LogP contribution in [-0.4, -0.2) is 19.9 Å². The van der Waals surface area contributed by atoms with E-state index in [4.69, 9.17) is 0 Å². The highest BCUT2D eigenvalue weighted by molar-refractivity contribution is 5.29. The van der Waals surface area contributed by atoms with Gasteiger partial charge in [-0.3, -0.25) is 4.98 Å². The second-order valence-electron chi connectivity index (χ2n) is 4.46. The smallest absolute Gasteiger partial charge is 0.0931 e. The molecule has 0 aliphatic carbocycles. The maximum Gasteiger partial charge on any atom is 0.0931 e. The minimum atomic E-state index is -0.534. The van der Waals surface area contributed by atoms with Crippen LogP contribution in [0.15, 0.2) is 30.6 Å². The van der Waals surface area contributed by atoms with E-state index in [0.717, 1.165) is 11.4 Å². The van der Waals surface area contributed by atoms with Crippen molar-refractivity contribution < 1.29 is 5.11 Å². The first-order chi connectivity index (χ1) is 8.08. The van der Waals surface area contributed by atoms with Crippen molar-refractivity contribution in [2.75, 3.05) is 0 Å². The highest BCUT2D eigenvalue weighted by Gasteiger charge is 2.06. The number of aliphatic hydroxyl groups is 1. The van der Waals surface area contributed by atoms with Gasteiger partial charge in [0, 0.05) is 6.20 Å². The van der Waals surface area contributed by atoms with E-state index in [2.05, 4.69) is 23.9 Å². The molecule has 2 rings (SSSR count). The zero-order chi connectivity index (χ0) is 12.4. The summed E-state index contributed by atoms with van der Waals surface area (Å²) >= 11 is 0. The van der Waals surface area contributed by atoms with E-state index in [-0.39, 0.29) is 0 Å². The third-order valence-corrected chi connectivity index (χ3v) is 2.66. The summed E-state index contributed by atoms with van der Waals surface area (Å²) in [5.74, 6) is 0.418. The number of rotatable bonds is 3. The van der Waals surface area contributed by atoms with E-state index in [9.17, 15) is 5.11 Å². The van der Waals surface area contributed by atoms with E-state index in [1.165, 1.54) is 0 Å². The molecule has 2 aromatic heterocycles. The predicted molar refractivity (Wildman–Crippen MR) is 66.1 cm³/mol. The minimum Gasteiger partial charge on any atom is -0.387 e. The first kappa shape index (κ1) is 11.8. The van der Waals surface area contributed by atoms with Gasteiger partial charge in [0.1, 0.15) is 0 Å². The lowest BCUT2D eigenvalue weighted by Gasteiger charge is -2.05. The molecule has 0 fully saturated rings. The van der Waals surface area contributed by atoms with Gasteiger partial charge in [-0.05, 0) is 31.0 Å². The summed E-state index contributed by atoms with van der Waals surface area (Å²) in [6.45, 7) is 5.93. The van der Waals surface area contributed by atoms with Crippen LogP contribution in [0, 0.1) is 0 Å². The molecule has 0 bridgehead atoms. The van der Waals surface area contributed by atoms with Crippen molar-refractivity contribution in [3.63, 3.8) is 0 Å². The first-order valence-electron chi connectivity index (χ1n) is 5.78. The Hall–Kier alpha value is -1.68. The molecule has 0 aliphatic rings. The predicted octanol–water partition coefficient (Wildman–Crippen LogP) is 2.44. The number of pyridine rings is 1. The lowest BCUT2D eigenvalue weighted by molar-refractivity contribution is 0.194. The van der Waals surface area contributed by atoms with E-state index >= 15 is 0 Å². The summed E-state index contributed by atoms with van der Waals surface area (Å²) in [5.41, 5.74) is 2.64. The van der Waals surface area contributed by atoms with Crippen LogP contribution < -0.4 is 0 Å². The highest BCUT2D eigenvalue weighted by Crippen LogP contribution is 2.15. The molecule has 1 N–H and O–H groups in total. The maximum absolute atomic E-state index is 9.38. The van der Waals surface area contributed by atoms with Crippen LogP contribution in [0.25, 0.3) is 5.69 Å². The maximum atomic E-state index is 9.38. The Morgan fingerprint density at radius 1 is 1.12 bits per heavy atom. The monoisotopic (exact) mass is 231 g/mol. The minimum absolute atomic E-state index is 0.418. The Morgan fingerprint density at radius 2 is 1.88 bits per heavy atom. The molecule has 2 aromatic rings. The molecule has 0 spiro atoms. The van der Waals surface area contributed by atoms with Crippen LogP contribution >= 0.6 is 0 Å². The van der Waals surface area contributed by atoms with Gasteiger partial charge in [0.2, 0.25) is 0 Å². The molecule has 0 saturated carbocycles. The van der Waals surface area contributed by atoms with Crippen molar-refractivity contribution in [2.24, 2.45) is 0 Å². The average molecular weight is 231 g/mol. The molecule has 4 nitrogen and oxygen atoms in total. The topological polar surface area (TPSA) is 50.9 Å². The molecule has 90 valence electrons. The molecule has 4 heteroatoms. The van der Waals surface area contributed by atoms with Crippen molar-refractivity contribution in [3.8, 4) is 5.69 Å². The second kappa shape index (κ2) is 4.67. The molecule has 0 saturated heterocycles. The van der Waals surface area contributed by atoms with Gasteiger partial charge < -0.3 is 5.11 Å². The number of aromatic nitrogens is 3. The fourth-order valence-electron chi connectivity index (χ4n) is 1.57. The van der Waals surface area contributed by atoms with Crippen molar-refractivity contribution in [1.82, 2.24) is 14.8 Å². The summed E-state index contributed by atoms with van der Waals surface area (Å²) in [4.78, 5) is 4.20. The molecule has 0 radical (unpaired) electrons. The molecule has 17 heavy (non-hydrogen) atoms. The van der Waals surface area contributed by atoms with E-state index in [1.807, 2.05) is 24.4 Å². The first-order valence-corrected chi connectivity index (χ1v) is 5.78. The Balaban J connectivity index is 2.27. The van der Waals surface area contributed by atoms with Gasteiger partial charge in [-0.2, -0.15) is 5.10 Å². The lowest BCUT2D eigenvalue weighted by atomic mass is 10.1. The summed E-state index contributed by atoms with van der Waals surface area (Å²) in [7, 11) is 0. The summed E-state index contributed by atoms with van der Waals surface area (Å²) in [6, 6.07) is 5.73. The van der Waals surface area contributed by atoms with Gasteiger partial charge in [-0.1, -0.05) is 13.8 Å². The molecule has 0 amide bonds. The lowest BCUT2D eigenvalue weighted by Crippen LogP contribution is -2.00. The molecule has 0 aromatic carbocycles. The second-order valence-corrected chi connectivity index (χ2v) is 4.46. The zero-order valence-corrected chi connectivity index (χ0v) is 10.3. The Kier molecular flexibility index (Phi) is 3.24. The van der Waals surface area contributed by atoms with Crippen LogP contribution in [0.3, 0.4) is 0 Å². The van der Waals surface area contributed by atoms with Gasteiger partial charge in [0.15, 0.2) is 0 Å². The Morgan fingerprint density at radius 3 is 2.35 bits per heavy atom. The largest absolute Gasteiger partial charge is 0.387 e. The normalized spacial score (nSPS) is 13.0. The van der Waals surface area contributed by atoms with Crippen LogP contribution in [0.4, 0.5) is 0 Å². The molecule has 1 atom stereocenters. The van der Waals surface area contributed by atoms with E-state index < -0.39 is 6.10 Å². The van der Waals surface area contributed by atoms with Gasteiger partial charge in [-0.15, -0.1) is 0 Å². The summed E-state index contributed by atoms with van der Waals surface area (Å²) < 4.78 is 1.80. The molecule has 2 heterocycles. The highest BCUT2D eigenvalue weighted by atomic mass is 16.3. The van der Waals surface area contributed by atoms with Crippen LogP contribution in [0.1, 0.15) is 44.2 Å². The van der Waals surface area contributed by atoms with Gasteiger partial charge in [0.05, 0.1) is 29.4 Å². The molecule has 0 aliphatic heterocycles. The average Bonchev–Trinajstić information content (AvgIpc) is 2.78. The van der Waals surface area contributed by atoms with Crippen molar-refractivity contribution in [1.29, 1.82) is 0 Å². The number of hydrogen-bond donors (Lipinski definition) is 1. The summed E-state index contributed by atoms with van der Waals surface area (Å²) in [6.07, 6.45) is 3.11. The van der Waals surface area contributed by atoms with E-state index in [1.54, 1.807) is 17.8 Å². The standard InChI is InChI=1S/C13H17N3O/c1-9(2)12-6-7-16(15-12)11-4-5-13(10(3)17)14-8-11/h4-10,17H,1-3H3. The Bertz CT molecular complexity index is 486. The molecular weight excluding hydrogens is 214 g/mol. The number of hydrogen-bond acceptors (Lipinski definition) is 3. The van der Waals surface area contributed by atoms with Crippen LogP contribution in [0.5, 0.6) is 0 Å². The third-order valence-electron chi connectivity index (χ3n) is 2.66. The van der Waals surface area contributed by atoms with Gasteiger partial charge in [-0.25, -0.2) is 4.68 Å².